The molecule has 0 aliphatic rings. The molecule has 158 valence electrons. The molecular formula is C19H27N5O5. The Balaban J connectivity index is 2.33. The average Bonchev–Trinajstić information content (AvgIpc) is 3.20. The van der Waals surface area contributed by atoms with Crippen LogP contribution in [0.1, 0.15) is 44.1 Å². The first-order chi connectivity index (χ1) is 13.8. The van der Waals surface area contributed by atoms with E-state index >= 15 is 0 Å². The van der Waals surface area contributed by atoms with E-state index in [0.29, 0.717) is 6.42 Å². The molecule has 0 unspecified atom stereocenters. The number of carbonyl (C=O) groups is 2. The molecule has 2 aromatic heterocycles. The molecule has 10 nitrogen and oxygen atoms in total. The van der Waals surface area contributed by atoms with Crippen molar-refractivity contribution in [1.82, 2.24) is 14.5 Å². The number of nitrogens with one attached hydrogen (secondary N) is 2. The quantitative estimate of drug-likeness (QED) is 0.533. The fourth-order valence-electron chi connectivity index (χ4n) is 2.80. The van der Waals surface area contributed by atoms with E-state index < -0.39 is 29.7 Å². The predicted octanol–water partition coefficient (Wildman–Crippen LogP) is 1.09. The Labute approximate surface area is 167 Å². The van der Waals surface area contributed by atoms with Crippen LogP contribution in [0.5, 0.6) is 0 Å². The summed E-state index contributed by atoms with van der Waals surface area (Å²) in [7, 11) is 0. The van der Waals surface area contributed by atoms with Gasteiger partial charge >= 0.3 is 11.7 Å². The predicted molar refractivity (Wildman–Crippen MR) is 109 cm³/mol. The lowest BCUT2D eigenvalue weighted by Gasteiger charge is -2.24. The van der Waals surface area contributed by atoms with Gasteiger partial charge in [-0.25, -0.2) is 9.59 Å². The van der Waals surface area contributed by atoms with Crippen molar-refractivity contribution in [1.29, 1.82) is 0 Å². The highest BCUT2D eigenvalue weighted by Crippen LogP contribution is 2.19. The van der Waals surface area contributed by atoms with E-state index in [0.717, 1.165) is 6.42 Å². The van der Waals surface area contributed by atoms with Gasteiger partial charge in [0.15, 0.2) is 12.3 Å². The van der Waals surface area contributed by atoms with Gasteiger partial charge in [0.2, 0.25) is 0 Å². The molecule has 0 aromatic carbocycles. The molecular weight excluding hydrogens is 378 g/mol. The number of nitrogens with zero attached hydrogens (tertiary/aromatic N) is 2. The molecule has 2 heterocycles. The summed E-state index contributed by atoms with van der Waals surface area (Å²) in [5, 5.41) is 0. The lowest BCUT2D eigenvalue weighted by Crippen LogP contribution is -2.43. The van der Waals surface area contributed by atoms with Crippen molar-refractivity contribution < 1.29 is 14.3 Å². The van der Waals surface area contributed by atoms with Crippen LogP contribution in [0.15, 0.2) is 27.9 Å². The fourth-order valence-corrected chi connectivity index (χ4v) is 2.80. The zero-order valence-corrected chi connectivity index (χ0v) is 16.9. The highest BCUT2D eigenvalue weighted by molar-refractivity contribution is 5.98. The summed E-state index contributed by atoms with van der Waals surface area (Å²) in [6.07, 6.45) is 2.91. The molecule has 0 bridgehead atoms. The van der Waals surface area contributed by atoms with Gasteiger partial charge in [0.05, 0.1) is 0 Å². The van der Waals surface area contributed by atoms with Gasteiger partial charge in [0.1, 0.15) is 11.5 Å². The smallest absolute Gasteiger partial charge is 0.355 e. The Morgan fingerprint density at radius 1 is 1.31 bits per heavy atom. The van der Waals surface area contributed by atoms with Crippen LogP contribution in [0, 0.1) is 5.92 Å². The molecule has 0 aliphatic carbocycles. The molecule has 0 saturated carbocycles. The van der Waals surface area contributed by atoms with E-state index in [2.05, 4.69) is 9.97 Å². The van der Waals surface area contributed by atoms with Crippen LogP contribution in [0.4, 0.5) is 11.5 Å². The molecule has 0 atom stereocenters. The second kappa shape index (κ2) is 9.76. The van der Waals surface area contributed by atoms with Crippen LogP contribution in [0.3, 0.4) is 0 Å². The summed E-state index contributed by atoms with van der Waals surface area (Å²) in [4.78, 5) is 55.5. The number of nitrogens with two attached hydrogens (primary N) is 1. The number of esters is 1. The van der Waals surface area contributed by atoms with Gasteiger partial charge < -0.3 is 20.4 Å². The summed E-state index contributed by atoms with van der Waals surface area (Å²) in [6.45, 7) is 5.65. The minimum Gasteiger partial charge on any atom is -0.451 e. The third-order valence-electron chi connectivity index (χ3n) is 4.21. The number of aromatic nitrogens is 3. The number of H-pyrrole nitrogens is 2. The van der Waals surface area contributed by atoms with Crippen molar-refractivity contribution in [2.75, 3.05) is 23.8 Å². The molecule has 2 aromatic rings. The summed E-state index contributed by atoms with van der Waals surface area (Å²) in [5.74, 6) is -1.29. The van der Waals surface area contributed by atoms with Crippen LogP contribution in [-0.2, 0) is 16.1 Å². The molecule has 29 heavy (non-hydrogen) atoms. The molecule has 0 fully saturated rings. The third kappa shape index (κ3) is 5.37. The van der Waals surface area contributed by atoms with Gasteiger partial charge in [-0.15, -0.1) is 0 Å². The second-order valence-corrected chi connectivity index (χ2v) is 7.06. The largest absolute Gasteiger partial charge is 0.451 e. The highest BCUT2D eigenvalue weighted by Gasteiger charge is 2.25. The van der Waals surface area contributed by atoms with Crippen LogP contribution in [0.25, 0.3) is 0 Å². The number of amides is 1. The van der Waals surface area contributed by atoms with Gasteiger partial charge in [0.25, 0.3) is 11.5 Å². The average molecular weight is 405 g/mol. The molecule has 4 N–H and O–H groups in total. The van der Waals surface area contributed by atoms with Gasteiger partial charge in [-0.05, 0) is 24.5 Å². The van der Waals surface area contributed by atoms with Crippen LogP contribution in [0.2, 0.25) is 0 Å². The Hall–Kier alpha value is -3.30. The Morgan fingerprint density at radius 2 is 2.03 bits per heavy atom. The van der Waals surface area contributed by atoms with E-state index in [1.54, 1.807) is 12.3 Å². The second-order valence-electron chi connectivity index (χ2n) is 7.06. The maximum atomic E-state index is 12.8. The zero-order valence-electron chi connectivity index (χ0n) is 16.9. The monoisotopic (exact) mass is 405 g/mol. The van der Waals surface area contributed by atoms with Crippen molar-refractivity contribution in [3.8, 4) is 0 Å². The SMILES string of the molecule is CCCCN(C(=O)COC(=O)c1ccc[nH]1)c1c(N)n(CC(C)C)c(=O)[nH]c1=O. The minimum absolute atomic E-state index is 0.0902. The minimum atomic E-state index is -0.757. The number of rotatable bonds is 9. The molecule has 0 saturated heterocycles. The molecule has 2 rings (SSSR count). The summed E-state index contributed by atoms with van der Waals surface area (Å²) in [6, 6.07) is 3.15. The lowest BCUT2D eigenvalue weighted by molar-refractivity contribution is -0.121. The topological polar surface area (TPSA) is 143 Å². The van der Waals surface area contributed by atoms with E-state index in [1.807, 2.05) is 20.8 Å². The normalized spacial score (nSPS) is 10.9. The highest BCUT2D eigenvalue weighted by atomic mass is 16.5. The zero-order chi connectivity index (χ0) is 21.6. The van der Waals surface area contributed by atoms with E-state index in [-0.39, 0.29) is 36.2 Å². The number of aromatic amines is 2. The van der Waals surface area contributed by atoms with Gasteiger partial charge in [-0.1, -0.05) is 27.2 Å². The number of nitrogen functional groups attached to an aromatic ring is 1. The van der Waals surface area contributed by atoms with Gasteiger partial charge in [0, 0.05) is 19.3 Å². The van der Waals surface area contributed by atoms with Gasteiger partial charge in [-0.2, -0.15) is 0 Å². The maximum absolute atomic E-state index is 12.8. The first-order valence-electron chi connectivity index (χ1n) is 9.49. The number of ether oxygens (including phenoxy) is 1. The van der Waals surface area contributed by atoms with Crippen LogP contribution >= 0.6 is 0 Å². The van der Waals surface area contributed by atoms with E-state index in [4.69, 9.17) is 10.5 Å². The van der Waals surface area contributed by atoms with Crippen molar-refractivity contribution >= 4 is 23.4 Å². The molecule has 0 aliphatic heterocycles. The van der Waals surface area contributed by atoms with Gasteiger partial charge in [-0.3, -0.25) is 19.1 Å². The first kappa shape index (κ1) is 22.0. The van der Waals surface area contributed by atoms with Crippen LogP contribution < -0.4 is 21.9 Å². The molecule has 0 radical (unpaired) electrons. The van der Waals surface area contributed by atoms with E-state index in [1.165, 1.54) is 15.5 Å². The maximum Gasteiger partial charge on any atom is 0.355 e. The Morgan fingerprint density at radius 3 is 2.62 bits per heavy atom. The number of unbranched alkanes of at least 4 members (excludes halogenated alkanes) is 1. The van der Waals surface area contributed by atoms with E-state index in [9.17, 15) is 19.2 Å². The summed E-state index contributed by atoms with van der Waals surface area (Å²) < 4.78 is 6.28. The Bertz CT molecular complexity index is 958. The van der Waals surface area contributed by atoms with Crippen molar-refractivity contribution in [3.63, 3.8) is 0 Å². The molecule has 0 spiro atoms. The van der Waals surface area contributed by atoms with Crippen molar-refractivity contribution in [2.24, 2.45) is 5.92 Å². The third-order valence-corrected chi connectivity index (χ3v) is 4.21. The standard InChI is InChI=1S/C19H27N5O5/c1-4-5-9-23(14(25)11-29-18(27)13-7-6-8-21-13)15-16(20)24(10-12(2)3)19(28)22-17(15)26/h6-8,12,21H,4-5,9-11,20H2,1-3H3,(H,22,26,28). The number of carbonyl (C=O) groups excluding carboxylic acids is 2. The van der Waals surface area contributed by atoms with Crippen molar-refractivity contribution in [3.05, 3.63) is 44.9 Å². The number of hydrogen-bond donors (Lipinski definition) is 3. The first-order valence-corrected chi connectivity index (χ1v) is 9.49. The number of hydrogen-bond acceptors (Lipinski definition) is 6. The Kier molecular flexibility index (Phi) is 7.40. The lowest BCUT2D eigenvalue weighted by atomic mass is 10.2. The fraction of sp³-hybridized carbons (Fsp3) is 0.474. The summed E-state index contributed by atoms with van der Waals surface area (Å²) in [5.41, 5.74) is 4.82. The van der Waals surface area contributed by atoms with Crippen molar-refractivity contribution in [2.45, 2.75) is 40.2 Å². The number of anilines is 2. The molecule has 1 amide bonds. The molecule has 10 heteroatoms. The summed E-state index contributed by atoms with van der Waals surface area (Å²) >= 11 is 0. The van der Waals surface area contributed by atoms with Crippen LogP contribution in [-0.4, -0.2) is 39.6 Å².